The molecule has 2 heterocycles. The summed E-state index contributed by atoms with van der Waals surface area (Å²) in [7, 11) is -3.47. The molecule has 9 heteroatoms. The highest BCUT2D eigenvalue weighted by Gasteiger charge is 2.30. The highest BCUT2D eigenvalue weighted by Crippen LogP contribution is 2.22. The first kappa shape index (κ1) is 17.4. The first-order valence-corrected chi connectivity index (χ1v) is 9.95. The molecule has 0 radical (unpaired) electrons. The second kappa shape index (κ2) is 6.81. The van der Waals surface area contributed by atoms with Crippen molar-refractivity contribution < 1.29 is 12.9 Å². The third kappa shape index (κ3) is 3.47. The van der Waals surface area contributed by atoms with Crippen LogP contribution in [-0.4, -0.2) is 49.0 Å². The lowest BCUT2D eigenvalue weighted by Crippen LogP contribution is -2.48. The van der Waals surface area contributed by atoms with Gasteiger partial charge >= 0.3 is 6.01 Å². The minimum absolute atomic E-state index is 0.196. The van der Waals surface area contributed by atoms with Crippen LogP contribution in [0.25, 0.3) is 0 Å². The van der Waals surface area contributed by atoms with Gasteiger partial charge in [-0.05, 0) is 24.3 Å². The number of anilines is 1. The van der Waals surface area contributed by atoms with Crippen LogP contribution in [0, 0.1) is 0 Å². The van der Waals surface area contributed by atoms with E-state index in [0.29, 0.717) is 42.9 Å². The number of rotatable bonds is 4. The minimum Gasteiger partial charge on any atom is -0.322 e. The molecule has 24 heavy (non-hydrogen) atoms. The van der Waals surface area contributed by atoms with Crippen molar-refractivity contribution in [3.05, 3.63) is 34.6 Å². The molecule has 0 atom stereocenters. The van der Waals surface area contributed by atoms with Gasteiger partial charge in [-0.15, -0.1) is 0 Å². The van der Waals surface area contributed by atoms with Crippen molar-refractivity contribution >= 4 is 32.0 Å². The second-order valence-electron chi connectivity index (χ2n) is 5.93. The van der Waals surface area contributed by atoms with Crippen molar-refractivity contribution in [2.24, 2.45) is 0 Å². The van der Waals surface area contributed by atoms with Gasteiger partial charge in [-0.1, -0.05) is 34.9 Å². The topological polar surface area (TPSA) is 79.5 Å². The van der Waals surface area contributed by atoms with Gasteiger partial charge in [-0.3, -0.25) is 0 Å². The van der Waals surface area contributed by atoms with Crippen LogP contribution in [0.1, 0.15) is 25.6 Å². The number of hydrogen-bond acceptors (Lipinski definition) is 6. The lowest BCUT2D eigenvalue weighted by molar-refractivity contribution is 0.353. The monoisotopic (exact) mass is 414 g/mol. The summed E-state index contributed by atoms with van der Waals surface area (Å²) < 4.78 is 33.0. The number of sulfonamides is 1. The Labute approximate surface area is 149 Å². The molecule has 0 bridgehead atoms. The minimum atomic E-state index is -3.47. The molecule has 0 unspecified atom stereocenters. The van der Waals surface area contributed by atoms with E-state index in [0.717, 1.165) is 4.47 Å². The Hall–Kier alpha value is -1.45. The average Bonchev–Trinajstić information content (AvgIpc) is 3.06. The lowest BCUT2D eigenvalue weighted by Gasteiger charge is -2.32. The van der Waals surface area contributed by atoms with Crippen molar-refractivity contribution in [3.63, 3.8) is 0 Å². The second-order valence-corrected chi connectivity index (χ2v) is 8.79. The fourth-order valence-electron chi connectivity index (χ4n) is 2.46. The van der Waals surface area contributed by atoms with E-state index in [2.05, 4.69) is 26.1 Å². The maximum atomic E-state index is 12.7. The van der Waals surface area contributed by atoms with Gasteiger partial charge in [0.1, 0.15) is 0 Å². The Balaban J connectivity index is 1.68. The maximum Gasteiger partial charge on any atom is 0.324 e. The molecule has 7 nitrogen and oxygen atoms in total. The molecule has 1 aliphatic rings. The number of halogens is 1. The molecular formula is C15H19BrN4O3S. The van der Waals surface area contributed by atoms with Crippen LogP contribution in [0.15, 0.2) is 38.2 Å². The van der Waals surface area contributed by atoms with Gasteiger partial charge in [0, 0.05) is 36.6 Å². The van der Waals surface area contributed by atoms with Crippen LogP contribution in [0.2, 0.25) is 0 Å². The van der Waals surface area contributed by atoms with Crippen LogP contribution < -0.4 is 4.90 Å². The van der Waals surface area contributed by atoms with Crippen molar-refractivity contribution in [1.29, 1.82) is 0 Å². The molecule has 0 spiro atoms. The third-order valence-corrected chi connectivity index (χ3v) is 6.35. The summed E-state index contributed by atoms with van der Waals surface area (Å²) in [6, 6.07) is 7.14. The summed E-state index contributed by atoms with van der Waals surface area (Å²) in [5.41, 5.74) is 0. The zero-order valence-corrected chi connectivity index (χ0v) is 15.9. The average molecular weight is 415 g/mol. The predicted octanol–water partition coefficient (Wildman–Crippen LogP) is 2.47. The summed E-state index contributed by atoms with van der Waals surface area (Å²) >= 11 is 3.32. The number of benzene rings is 1. The van der Waals surface area contributed by atoms with E-state index < -0.39 is 10.0 Å². The van der Waals surface area contributed by atoms with Gasteiger partial charge in [-0.25, -0.2) is 8.42 Å². The largest absolute Gasteiger partial charge is 0.324 e. The smallest absolute Gasteiger partial charge is 0.322 e. The summed E-state index contributed by atoms with van der Waals surface area (Å²) in [6.45, 7) is 5.81. The Morgan fingerprint density at radius 2 is 1.75 bits per heavy atom. The molecule has 1 fully saturated rings. The van der Waals surface area contributed by atoms with Crippen LogP contribution in [-0.2, 0) is 10.0 Å². The van der Waals surface area contributed by atoms with Crippen molar-refractivity contribution in [2.75, 3.05) is 31.1 Å². The van der Waals surface area contributed by atoms with Gasteiger partial charge in [-0.2, -0.15) is 9.29 Å². The zero-order chi connectivity index (χ0) is 17.3. The molecular weight excluding hydrogens is 396 g/mol. The number of nitrogens with zero attached hydrogens (tertiary/aromatic N) is 4. The van der Waals surface area contributed by atoms with Gasteiger partial charge in [0.2, 0.25) is 10.0 Å². The van der Waals surface area contributed by atoms with E-state index in [1.165, 1.54) is 4.31 Å². The summed E-state index contributed by atoms with van der Waals surface area (Å²) in [4.78, 5) is 6.59. The summed E-state index contributed by atoms with van der Waals surface area (Å²) in [5, 5.41) is 3.95. The van der Waals surface area contributed by atoms with E-state index in [9.17, 15) is 8.42 Å². The normalized spacial score (nSPS) is 16.8. The van der Waals surface area contributed by atoms with Crippen LogP contribution in [0.3, 0.4) is 0 Å². The molecule has 0 amide bonds. The molecule has 130 valence electrons. The highest BCUT2D eigenvalue weighted by atomic mass is 79.9. The first-order valence-electron chi connectivity index (χ1n) is 7.72. The molecule has 3 rings (SSSR count). The molecule has 0 saturated carbocycles. The Kier molecular flexibility index (Phi) is 4.93. The fourth-order valence-corrected chi connectivity index (χ4v) is 4.15. The van der Waals surface area contributed by atoms with E-state index >= 15 is 0 Å². The van der Waals surface area contributed by atoms with E-state index in [1.54, 1.807) is 24.3 Å². The summed E-state index contributed by atoms with van der Waals surface area (Å²) in [6.07, 6.45) is 0. The zero-order valence-electron chi connectivity index (χ0n) is 13.5. The number of hydrogen-bond donors (Lipinski definition) is 0. The molecule has 1 saturated heterocycles. The van der Waals surface area contributed by atoms with Gasteiger partial charge < -0.3 is 9.42 Å². The molecule has 2 aromatic rings. The van der Waals surface area contributed by atoms with E-state index in [1.807, 2.05) is 18.7 Å². The van der Waals surface area contributed by atoms with Crippen molar-refractivity contribution in [2.45, 2.75) is 24.7 Å². The molecule has 1 aromatic heterocycles. The van der Waals surface area contributed by atoms with Gasteiger partial charge in [0.15, 0.2) is 5.82 Å². The van der Waals surface area contributed by atoms with Crippen LogP contribution in [0.4, 0.5) is 6.01 Å². The fraction of sp³-hybridized carbons (Fsp3) is 0.467. The molecule has 0 aliphatic carbocycles. The van der Waals surface area contributed by atoms with E-state index in [4.69, 9.17) is 4.52 Å². The predicted molar refractivity (Wildman–Crippen MR) is 93.5 cm³/mol. The summed E-state index contributed by atoms with van der Waals surface area (Å²) in [5.74, 6) is 0.858. The quantitative estimate of drug-likeness (QED) is 0.764. The SMILES string of the molecule is CC(C)c1noc(N2CCN(S(=O)(=O)c3ccc(Br)cc3)CC2)n1. The lowest BCUT2D eigenvalue weighted by atomic mass is 10.2. The molecule has 1 aliphatic heterocycles. The van der Waals surface area contributed by atoms with Gasteiger partial charge in [0.05, 0.1) is 4.90 Å². The third-order valence-electron chi connectivity index (χ3n) is 3.91. The van der Waals surface area contributed by atoms with E-state index in [-0.39, 0.29) is 5.92 Å². The van der Waals surface area contributed by atoms with Crippen LogP contribution in [0.5, 0.6) is 0 Å². The van der Waals surface area contributed by atoms with Gasteiger partial charge in [0.25, 0.3) is 0 Å². The number of aromatic nitrogens is 2. The Morgan fingerprint density at radius 3 is 2.29 bits per heavy atom. The molecule has 0 N–H and O–H groups in total. The maximum absolute atomic E-state index is 12.7. The number of piperazine rings is 1. The highest BCUT2D eigenvalue weighted by molar-refractivity contribution is 9.10. The Bertz CT molecular complexity index is 796. The molecule has 1 aromatic carbocycles. The van der Waals surface area contributed by atoms with Crippen molar-refractivity contribution in [3.8, 4) is 0 Å². The first-order chi connectivity index (χ1) is 11.4. The Morgan fingerprint density at radius 1 is 1.12 bits per heavy atom. The van der Waals surface area contributed by atoms with Crippen LogP contribution >= 0.6 is 15.9 Å². The standard InChI is InChI=1S/C15H19BrN4O3S/c1-11(2)14-17-15(23-18-14)19-7-9-20(10-8-19)24(21,22)13-5-3-12(16)4-6-13/h3-6,11H,7-10H2,1-2H3. The van der Waals surface area contributed by atoms with Crippen molar-refractivity contribution in [1.82, 2.24) is 14.4 Å².